The van der Waals surface area contributed by atoms with Crippen molar-refractivity contribution in [3.63, 3.8) is 0 Å². The van der Waals surface area contributed by atoms with Crippen LogP contribution in [0, 0.1) is 34.6 Å². The molecule has 4 heteroatoms. The number of benzene rings is 12. The summed E-state index contributed by atoms with van der Waals surface area (Å²) < 4.78 is 5.31. The molecule has 0 amide bonds. The molecule has 348 valence electrons. The molecule has 0 N–H and O–H groups in total. The standard InChI is InChI=1S/C69H50N2S2/c1-41-14-10-15-42(2)66(41)70(49-32-26-46(27-33-49)52-20-12-22-56-54-18-6-8-24-62(54)72-68(52)56)60-39-31-48-30-36-59-61(40-45(5)51-37-38-58(60)64(48)65(51)59)71(67-43(3)16-11-17-44(67)4)50-34-28-47(29-35-50)53-21-13-23-57-55-19-7-9-25-63(55)73-69(53)57/h6-40H,1-5H3. The topological polar surface area (TPSA) is 6.48 Å². The molecule has 2 nitrogen and oxygen atoms in total. The zero-order valence-corrected chi connectivity index (χ0v) is 43.1. The number of fused-ring (bicyclic) bond motifs is 6. The van der Waals surface area contributed by atoms with E-state index < -0.39 is 0 Å². The van der Waals surface area contributed by atoms with Crippen molar-refractivity contribution < 1.29 is 0 Å². The van der Waals surface area contributed by atoms with Crippen molar-refractivity contribution in [2.75, 3.05) is 9.80 Å². The van der Waals surface area contributed by atoms with Gasteiger partial charge in [-0.2, -0.15) is 0 Å². The number of rotatable bonds is 8. The van der Waals surface area contributed by atoms with Gasteiger partial charge in [0.2, 0.25) is 0 Å². The van der Waals surface area contributed by atoms with Crippen molar-refractivity contribution in [3.05, 3.63) is 240 Å². The molecule has 0 bridgehead atoms. The Hall–Kier alpha value is -8.28. The molecule has 0 aliphatic heterocycles. The summed E-state index contributed by atoms with van der Waals surface area (Å²) in [7, 11) is 0. The molecule has 14 rings (SSSR count). The Balaban J connectivity index is 0.946. The van der Waals surface area contributed by atoms with Gasteiger partial charge in [-0.3, -0.25) is 0 Å². The first-order valence-corrected chi connectivity index (χ1v) is 26.9. The average Bonchev–Trinajstić information content (AvgIpc) is 4.00. The lowest BCUT2D eigenvalue weighted by Gasteiger charge is -2.32. The molecule has 0 radical (unpaired) electrons. The number of thiophene rings is 2. The van der Waals surface area contributed by atoms with Crippen molar-refractivity contribution in [3.8, 4) is 22.3 Å². The third kappa shape index (κ3) is 6.82. The van der Waals surface area contributed by atoms with Crippen LogP contribution in [0.2, 0.25) is 0 Å². The first-order chi connectivity index (χ1) is 35.8. The van der Waals surface area contributed by atoms with Crippen LogP contribution < -0.4 is 9.80 Å². The fourth-order valence-electron chi connectivity index (χ4n) is 12.0. The molecule has 0 unspecified atom stereocenters. The van der Waals surface area contributed by atoms with Crippen LogP contribution in [0.4, 0.5) is 34.1 Å². The third-order valence-corrected chi connectivity index (χ3v) is 17.9. The van der Waals surface area contributed by atoms with Gasteiger partial charge < -0.3 is 9.80 Å². The van der Waals surface area contributed by atoms with Crippen molar-refractivity contribution in [2.45, 2.75) is 34.6 Å². The van der Waals surface area contributed by atoms with Gasteiger partial charge >= 0.3 is 0 Å². The molecule has 0 atom stereocenters. The Morgan fingerprint density at radius 3 is 1.26 bits per heavy atom. The predicted molar refractivity (Wildman–Crippen MR) is 320 cm³/mol. The van der Waals surface area contributed by atoms with Gasteiger partial charge in [-0.1, -0.05) is 164 Å². The lowest BCUT2D eigenvalue weighted by atomic mass is 9.89. The lowest BCUT2D eigenvalue weighted by molar-refractivity contribution is 1.22. The maximum Gasteiger partial charge on any atom is 0.0543 e. The number of hydrogen-bond donors (Lipinski definition) is 0. The average molecular weight is 971 g/mol. The zero-order chi connectivity index (χ0) is 49.1. The highest BCUT2D eigenvalue weighted by Gasteiger charge is 2.26. The zero-order valence-electron chi connectivity index (χ0n) is 41.4. The largest absolute Gasteiger partial charge is 0.309 e. The van der Waals surface area contributed by atoms with E-state index in [1.54, 1.807) is 0 Å². The second-order valence-electron chi connectivity index (χ2n) is 19.9. The maximum atomic E-state index is 2.53. The lowest BCUT2D eigenvalue weighted by Crippen LogP contribution is -2.14. The van der Waals surface area contributed by atoms with Crippen molar-refractivity contribution in [2.24, 2.45) is 0 Å². The molecule has 0 spiro atoms. The van der Waals surface area contributed by atoms with Crippen LogP contribution in [0.3, 0.4) is 0 Å². The van der Waals surface area contributed by atoms with Gasteiger partial charge in [-0.25, -0.2) is 0 Å². The van der Waals surface area contributed by atoms with E-state index in [0.717, 1.165) is 17.1 Å². The highest BCUT2D eigenvalue weighted by atomic mass is 32.1. The number of hydrogen-bond acceptors (Lipinski definition) is 4. The number of aryl methyl sites for hydroxylation is 5. The maximum absolute atomic E-state index is 2.53. The molecule has 0 aliphatic rings. The second-order valence-corrected chi connectivity index (χ2v) is 22.0. The van der Waals surface area contributed by atoms with Gasteiger partial charge in [-0.15, -0.1) is 22.7 Å². The summed E-state index contributed by atoms with van der Waals surface area (Å²) in [6.07, 6.45) is 0. The Kier molecular flexibility index (Phi) is 10.1. The summed E-state index contributed by atoms with van der Waals surface area (Å²) in [5.41, 5.74) is 18.2. The number of para-hydroxylation sites is 2. The summed E-state index contributed by atoms with van der Waals surface area (Å²) in [5, 5.41) is 12.8. The van der Waals surface area contributed by atoms with E-state index in [-0.39, 0.29) is 0 Å². The fourth-order valence-corrected chi connectivity index (χ4v) is 14.5. The van der Waals surface area contributed by atoms with Crippen LogP contribution in [0.5, 0.6) is 0 Å². The van der Waals surface area contributed by atoms with Crippen LogP contribution in [0.15, 0.2) is 212 Å². The molecule has 0 saturated heterocycles. The minimum Gasteiger partial charge on any atom is -0.309 e. The first kappa shape index (κ1) is 43.5. The molecular weight excluding hydrogens is 921 g/mol. The summed E-state index contributed by atoms with van der Waals surface area (Å²) >= 11 is 3.77. The van der Waals surface area contributed by atoms with Crippen LogP contribution in [0.25, 0.3) is 94.9 Å². The van der Waals surface area contributed by atoms with Gasteiger partial charge in [0, 0.05) is 62.5 Å². The Bertz CT molecular complexity index is 4460. The number of nitrogens with zero attached hydrogens (tertiary/aromatic N) is 2. The highest BCUT2D eigenvalue weighted by Crippen LogP contribution is 2.51. The summed E-state index contributed by atoms with van der Waals surface area (Å²) in [5.74, 6) is 0. The van der Waals surface area contributed by atoms with Crippen molar-refractivity contribution in [1.82, 2.24) is 0 Å². The van der Waals surface area contributed by atoms with E-state index in [4.69, 9.17) is 0 Å². The fraction of sp³-hybridized carbons (Fsp3) is 0.0725. The minimum absolute atomic E-state index is 1.13. The molecule has 73 heavy (non-hydrogen) atoms. The van der Waals surface area contributed by atoms with E-state index in [9.17, 15) is 0 Å². The van der Waals surface area contributed by atoms with Gasteiger partial charge in [-0.05, 0) is 155 Å². The number of anilines is 6. The summed E-state index contributed by atoms with van der Waals surface area (Å²) in [6, 6.07) is 79.6. The molecular formula is C69H50N2S2. The van der Waals surface area contributed by atoms with Gasteiger partial charge in [0.15, 0.2) is 0 Å². The first-order valence-electron chi connectivity index (χ1n) is 25.2. The molecule has 0 fully saturated rings. The van der Waals surface area contributed by atoms with E-state index in [1.165, 1.54) is 140 Å². The molecule has 0 saturated carbocycles. The Morgan fingerprint density at radius 1 is 0.301 bits per heavy atom. The highest BCUT2D eigenvalue weighted by molar-refractivity contribution is 7.26. The van der Waals surface area contributed by atoms with Gasteiger partial charge in [0.05, 0.1) is 22.7 Å². The quantitative estimate of drug-likeness (QED) is 0.140. The summed E-state index contributed by atoms with van der Waals surface area (Å²) in [6.45, 7) is 11.3. The van der Waals surface area contributed by atoms with E-state index in [1.807, 2.05) is 22.7 Å². The van der Waals surface area contributed by atoms with Crippen LogP contribution in [-0.4, -0.2) is 0 Å². The van der Waals surface area contributed by atoms with Crippen LogP contribution in [-0.2, 0) is 0 Å². The summed E-state index contributed by atoms with van der Waals surface area (Å²) in [4.78, 5) is 5.04. The minimum atomic E-state index is 1.13. The van der Waals surface area contributed by atoms with Gasteiger partial charge in [0.25, 0.3) is 0 Å². The smallest absolute Gasteiger partial charge is 0.0543 e. The molecule has 0 aliphatic carbocycles. The van der Waals surface area contributed by atoms with E-state index >= 15 is 0 Å². The van der Waals surface area contributed by atoms with Crippen LogP contribution in [0.1, 0.15) is 27.8 Å². The van der Waals surface area contributed by atoms with E-state index in [2.05, 4.69) is 257 Å². The SMILES string of the molecule is Cc1cccc(C)c1N(c1ccc(-c2cccc3c2sc2ccccc23)cc1)c1ccc2ccc3c(N(c4ccc(-c5cccc6c5sc5ccccc56)cc4)c4c(C)cccc4C)cc(C)c4ccc1c2c43. The predicted octanol–water partition coefficient (Wildman–Crippen LogP) is 21.1. The molecule has 2 aromatic heterocycles. The van der Waals surface area contributed by atoms with Crippen molar-refractivity contribution in [1.29, 1.82) is 0 Å². The second kappa shape index (κ2) is 16.9. The van der Waals surface area contributed by atoms with Crippen molar-refractivity contribution >= 4 is 129 Å². The molecule has 2 heterocycles. The normalized spacial score (nSPS) is 11.9. The Labute approximate surface area is 433 Å². The molecule has 14 aromatic rings. The molecule has 12 aromatic carbocycles. The monoisotopic (exact) mass is 970 g/mol. The van der Waals surface area contributed by atoms with E-state index in [0.29, 0.717) is 0 Å². The third-order valence-electron chi connectivity index (χ3n) is 15.4. The van der Waals surface area contributed by atoms with Gasteiger partial charge in [0.1, 0.15) is 0 Å². The Morgan fingerprint density at radius 2 is 0.726 bits per heavy atom. The van der Waals surface area contributed by atoms with Crippen LogP contribution >= 0.6 is 22.7 Å².